The monoisotopic (exact) mass is 410 g/mol. The molecule has 0 spiro atoms. The average Bonchev–Trinajstić information content (AvgIpc) is 2.78. The normalized spacial score (nSPS) is 18.3. The standard InChI is InChI=1S/C22H23FN4O3/c1-25-21(28)19-12-27(7-8-30-19)22(29)18-11-26-20(24)17-10-14(5-6-16(17)18)13-3-2-4-15(23)9-13/h2-6,9-11,19,22,29H,7-8,12H2,1H3,(H2,24,26)(H,25,28). The Labute approximate surface area is 173 Å². The van der Waals surface area contributed by atoms with Crippen molar-refractivity contribution in [2.24, 2.45) is 0 Å². The van der Waals surface area contributed by atoms with Crippen LogP contribution < -0.4 is 11.1 Å². The fraction of sp³-hybridized carbons (Fsp3) is 0.273. The van der Waals surface area contributed by atoms with E-state index in [1.165, 1.54) is 12.1 Å². The Morgan fingerprint density at radius 2 is 2.10 bits per heavy atom. The van der Waals surface area contributed by atoms with Crippen LogP contribution in [0.15, 0.2) is 48.7 Å². The Morgan fingerprint density at radius 3 is 2.87 bits per heavy atom. The lowest BCUT2D eigenvalue weighted by atomic mass is 9.98. The molecule has 1 aromatic heterocycles. The van der Waals surface area contributed by atoms with Crippen molar-refractivity contribution < 1.29 is 19.0 Å². The van der Waals surface area contributed by atoms with Crippen LogP contribution in [-0.4, -0.2) is 53.7 Å². The number of amides is 1. The molecule has 2 heterocycles. The summed E-state index contributed by atoms with van der Waals surface area (Å²) in [4.78, 5) is 18.0. The number of aliphatic hydroxyl groups excluding tert-OH is 1. The number of carbonyl (C=O) groups excluding carboxylic acids is 1. The van der Waals surface area contributed by atoms with E-state index in [0.717, 1.165) is 16.5 Å². The average molecular weight is 410 g/mol. The number of aliphatic hydroxyl groups is 1. The van der Waals surface area contributed by atoms with Crippen LogP contribution in [0.1, 0.15) is 11.8 Å². The number of ether oxygens (including phenoxy) is 1. The summed E-state index contributed by atoms with van der Waals surface area (Å²) in [5.41, 5.74) is 8.22. The number of aromatic nitrogens is 1. The molecule has 1 amide bonds. The van der Waals surface area contributed by atoms with E-state index in [-0.39, 0.29) is 18.3 Å². The van der Waals surface area contributed by atoms with Crippen LogP contribution in [0.5, 0.6) is 0 Å². The number of likely N-dealkylation sites (N-methyl/N-ethyl adjacent to an activating group) is 1. The van der Waals surface area contributed by atoms with E-state index in [0.29, 0.717) is 29.9 Å². The first-order valence-electron chi connectivity index (χ1n) is 9.67. The highest BCUT2D eigenvalue weighted by Crippen LogP contribution is 2.33. The summed E-state index contributed by atoms with van der Waals surface area (Å²) in [6.07, 6.45) is -0.0724. The molecule has 1 aliphatic rings. The summed E-state index contributed by atoms with van der Waals surface area (Å²) in [5.74, 6) is -0.225. The third-order valence-electron chi connectivity index (χ3n) is 5.37. The zero-order valence-electron chi connectivity index (χ0n) is 16.5. The van der Waals surface area contributed by atoms with Crippen molar-refractivity contribution in [3.63, 3.8) is 0 Å². The van der Waals surface area contributed by atoms with Crippen molar-refractivity contribution in [1.29, 1.82) is 0 Å². The summed E-state index contributed by atoms with van der Waals surface area (Å²) in [5, 5.41) is 15.0. The summed E-state index contributed by atoms with van der Waals surface area (Å²) in [6.45, 7) is 1.06. The van der Waals surface area contributed by atoms with Gasteiger partial charge in [-0.15, -0.1) is 0 Å². The number of fused-ring (bicyclic) bond motifs is 1. The number of carbonyl (C=O) groups is 1. The fourth-order valence-electron chi connectivity index (χ4n) is 3.75. The van der Waals surface area contributed by atoms with Gasteiger partial charge < -0.3 is 20.9 Å². The van der Waals surface area contributed by atoms with Crippen LogP contribution in [0, 0.1) is 5.82 Å². The number of hydrogen-bond donors (Lipinski definition) is 3. The molecule has 7 nitrogen and oxygen atoms in total. The van der Waals surface area contributed by atoms with Gasteiger partial charge in [0, 0.05) is 37.3 Å². The number of nitrogen functional groups attached to an aromatic ring is 1. The Hall–Kier alpha value is -3.07. The molecule has 2 atom stereocenters. The van der Waals surface area contributed by atoms with Gasteiger partial charge in [-0.05, 0) is 34.7 Å². The van der Waals surface area contributed by atoms with Gasteiger partial charge in [0.25, 0.3) is 0 Å². The van der Waals surface area contributed by atoms with Crippen LogP contribution in [0.3, 0.4) is 0 Å². The van der Waals surface area contributed by atoms with Crippen LogP contribution in [0.2, 0.25) is 0 Å². The Kier molecular flexibility index (Phi) is 5.63. The number of nitrogens with two attached hydrogens (primary N) is 1. The molecule has 3 aromatic rings. The SMILES string of the molecule is CNC(=O)C1CN(C(O)c2cnc(N)c3cc(-c4cccc(F)c4)ccc23)CCO1. The Balaban J connectivity index is 1.69. The number of pyridine rings is 1. The van der Waals surface area contributed by atoms with Gasteiger partial charge in [0.2, 0.25) is 5.91 Å². The summed E-state index contributed by atoms with van der Waals surface area (Å²) >= 11 is 0. The van der Waals surface area contributed by atoms with Gasteiger partial charge in [0.05, 0.1) is 6.61 Å². The number of morpholine rings is 1. The van der Waals surface area contributed by atoms with E-state index >= 15 is 0 Å². The maximum Gasteiger partial charge on any atom is 0.250 e. The van der Waals surface area contributed by atoms with Crippen molar-refractivity contribution in [3.8, 4) is 11.1 Å². The van der Waals surface area contributed by atoms with Gasteiger partial charge in [0.15, 0.2) is 0 Å². The predicted molar refractivity (Wildman–Crippen MR) is 112 cm³/mol. The first kappa shape index (κ1) is 20.2. The van der Waals surface area contributed by atoms with Crippen LogP contribution in [0.25, 0.3) is 21.9 Å². The van der Waals surface area contributed by atoms with Crippen LogP contribution in [0.4, 0.5) is 10.2 Å². The zero-order chi connectivity index (χ0) is 21.3. The fourth-order valence-corrected chi connectivity index (χ4v) is 3.75. The molecule has 1 saturated heterocycles. The highest BCUT2D eigenvalue weighted by Gasteiger charge is 2.31. The van der Waals surface area contributed by atoms with E-state index in [4.69, 9.17) is 10.5 Å². The minimum absolute atomic E-state index is 0.230. The molecule has 1 aliphatic heterocycles. The summed E-state index contributed by atoms with van der Waals surface area (Å²) < 4.78 is 19.1. The largest absolute Gasteiger partial charge is 0.383 e. The first-order chi connectivity index (χ1) is 14.5. The second-order valence-electron chi connectivity index (χ2n) is 7.21. The molecule has 0 bridgehead atoms. The molecule has 4 rings (SSSR count). The van der Waals surface area contributed by atoms with Crippen molar-refractivity contribution in [2.45, 2.75) is 12.3 Å². The molecule has 30 heavy (non-hydrogen) atoms. The van der Waals surface area contributed by atoms with E-state index in [1.54, 1.807) is 24.2 Å². The van der Waals surface area contributed by atoms with E-state index in [9.17, 15) is 14.3 Å². The maximum absolute atomic E-state index is 13.6. The molecule has 0 aliphatic carbocycles. The van der Waals surface area contributed by atoms with Crippen molar-refractivity contribution in [1.82, 2.24) is 15.2 Å². The maximum atomic E-state index is 13.6. The smallest absolute Gasteiger partial charge is 0.250 e. The Bertz CT molecular complexity index is 1090. The summed E-state index contributed by atoms with van der Waals surface area (Å²) in [7, 11) is 1.55. The molecule has 2 aromatic carbocycles. The molecular formula is C22H23FN4O3. The second kappa shape index (κ2) is 8.35. The highest BCUT2D eigenvalue weighted by atomic mass is 19.1. The molecule has 8 heteroatoms. The van der Waals surface area contributed by atoms with Crippen molar-refractivity contribution in [2.75, 3.05) is 32.5 Å². The van der Waals surface area contributed by atoms with Gasteiger partial charge in [0.1, 0.15) is 24.0 Å². The number of anilines is 1. The number of benzene rings is 2. The molecule has 156 valence electrons. The second-order valence-corrected chi connectivity index (χ2v) is 7.21. The van der Waals surface area contributed by atoms with E-state index in [2.05, 4.69) is 10.3 Å². The number of nitrogens with one attached hydrogen (secondary N) is 1. The summed E-state index contributed by atoms with van der Waals surface area (Å²) in [6, 6.07) is 11.9. The minimum atomic E-state index is -0.975. The molecule has 0 radical (unpaired) electrons. The van der Waals surface area contributed by atoms with Gasteiger partial charge >= 0.3 is 0 Å². The zero-order valence-corrected chi connectivity index (χ0v) is 16.5. The number of hydrogen-bond acceptors (Lipinski definition) is 6. The lowest BCUT2D eigenvalue weighted by Gasteiger charge is -2.35. The number of nitrogens with zero attached hydrogens (tertiary/aromatic N) is 2. The molecule has 2 unspecified atom stereocenters. The topological polar surface area (TPSA) is 101 Å². The van der Waals surface area contributed by atoms with Crippen molar-refractivity contribution in [3.05, 3.63) is 60.0 Å². The van der Waals surface area contributed by atoms with Gasteiger partial charge in [-0.1, -0.05) is 24.3 Å². The van der Waals surface area contributed by atoms with Gasteiger partial charge in [-0.2, -0.15) is 0 Å². The van der Waals surface area contributed by atoms with Crippen molar-refractivity contribution >= 4 is 22.5 Å². The Morgan fingerprint density at radius 1 is 1.30 bits per heavy atom. The third-order valence-corrected chi connectivity index (χ3v) is 5.37. The molecule has 4 N–H and O–H groups in total. The van der Waals surface area contributed by atoms with Gasteiger partial charge in [-0.3, -0.25) is 9.69 Å². The third kappa shape index (κ3) is 3.85. The minimum Gasteiger partial charge on any atom is -0.383 e. The van der Waals surface area contributed by atoms with Crippen LogP contribution >= 0.6 is 0 Å². The first-order valence-corrected chi connectivity index (χ1v) is 9.67. The predicted octanol–water partition coefficient (Wildman–Crippen LogP) is 2.06. The number of halogens is 1. The van der Waals surface area contributed by atoms with Crippen LogP contribution in [-0.2, 0) is 9.53 Å². The number of rotatable bonds is 4. The quantitative estimate of drug-likeness (QED) is 0.609. The van der Waals surface area contributed by atoms with E-state index < -0.39 is 12.3 Å². The molecule has 1 fully saturated rings. The van der Waals surface area contributed by atoms with Gasteiger partial charge in [-0.25, -0.2) is 9.37 Å². The molecular weight excluding hydrogens is 387 g/mol. The highest BCUT2D eigenvalue weighted by molar-refractivity contribution is 5.96. The molecule has 0 saturated carbocycles. The lowest BCUT2D eigenvalue weighted by molar-refractivity contribution is -0.145. The lowest BCUT2D eigenvalue weighted by Crippen LogP contribution is -2.50. The van der Waals surface area contributed by atoms with E-state index in [1.807, 2.05) is 24.3 Å².